The molecule has 0 heterocycles. The Kier molecular flexibility index (Phi) is 7.38. The molecule has 0 fully saturated rings. The molecule has 0 spiro atoms. The molecule has 0 radical (unpaired) electrons. The standard InChI is InChI=1S/C23H23NO3S/c1-2-26-21-8-6-7-19(17-21)24-23(25)18-11-13-20(14-12-18)27-15-16-28-22-9-4-3-5-10-22/h3-14,17H,2,15-16H2,1H3,(H,24,25). The topological polar surface area (TPSA) is 47.6 Å². The molecule has 0 aliphatic rings. The lowest BCUT2D eigenvalue weighted by molar-refractivity contribution is 0.102. The highest BCUT2D eigenvalue weighted by Gasteiger charge is 2.07. The lowest BCUT2D eigenvalue weighted by atomic mass is 10.2. The average molecular weight is 394 g/mol. The Balaban J connectivity index is 1.48. The van der Waals surface area contributed by atoms with Crippen molar-refractivity contribution in [2.45, 2.75) is 11.8 Å². The first-order chi connectivity index (χ1) is 13.7. The molecule has 0 bridgehead atoms. The molecule has 1 N–H and O–H groups in total. The molecular weight excluding hydrogens is 370 g/mol. The first-order valence-electron chi connectivity index (χ1n) is 9.19. The van der Waals surface area contributed by atoms with Crippen LogP contribution in [0.25, 0.3) is 0 Å². The van der Waals surface area contributed by atoms with Gasteiger partial charge in [-0.15, -0.1) is 11.8 Å². The maximum Gasteiger partial charge on any atom is 0.255 e. The van der Waals surface area contributed by atoms with Crippen LogP contribution in [0.15, 0.2) is 83.8 Å². The minimum absolute atomic E-state index is 0.167. The number of thioether (sulfide) groups is 1. The Morgan fingerprint density at radius 2 is 1.68 bits per heavy atom. The van der Waals surface area contributed by atoms with Gasteiger partial charge < -0.3 is 14.8 Å². The van der Waals surface area contributed by atoms with Crippen molar-refractivity contribution in [3.63, 3.8) is 0 Å². The molecule has 1 amide bonds. The maximum absolute atomic E-state index is 12.4. The molecule has 3 rings (SSSR count). The normalized spacial score (nSPS) is 10.3. The van der Waals surface area contributed by atoms with Crippen LogP contribution < -0.4 is 14.8 Å². The molecular formula is C23H23NO3S. The zero-order valence-corrected chi connectivity index (χ0v) is 16.6. The molecule has 0 unspecified atom stereocenters. The summed E-state index contributed by atoms with van der Waals surface area (Å²) in [7, 11) is 0. The minimum Gasteiger partial charge on any atom is -0.494 e. The van der Waals surface area contributed by atoms with Gasteiger partial charge in [0.05, 0.1) is 13.2 Å². The van der Waals surface area contributed by atoms with Crippen LogP contribution in [-0.4, -0.2) is 24.9 Å². The first-order valence-corrected chi connectivity index (χ1v) is 10.2. The number of rotatable bonds is 9. The first kappa shape index (κ1) is 19.8. The summed E-state index contributed by atoms with van der Waals surface area (Å²) in [4.78, 5) is 13.6. The van der Waals surface area contributed by atoms with E-state index in [0.29, 0.717) is 24.5 Å². The van der Waals surface area contributed by atoms with Crippen LogP contribution in [0, 0.1) is 0 Å². The monoisotopic (exact) mass is 393 g/mol. The van der Waals surface area contributed by atoms with E-state index >= 15 is 0 Å². The Labute approximate surface area is 169 Å². The van der Waals surface area contributed by atoms with Crippen molar-refractivity contribution in [3.8, 4) is 11.5 Å². The molecule has 0 aliphatic heterocycles. The highest BCUT2D eigenvalue weighted by Crippen LogP contribution is 2.20. The molecule has 0 atom stereocenters. The maximum atomic E-state index is 12.4. The van der Waals surface area contributed by atoms with Gasteiger partial charge in [0.1, 0.15) is 11.5 Å². The molecule has 3 aromatic carbocycles. The van der Waals surface area contributed by atoms with Crippen LogP contribution in [0.3, 0.4) is 0 Å². The van der Waals surface area contributed by atoms with E-state index in [2.05, 4.69) is 17.4 Å². The number of carbonyl (C=O) groups is 1. The van der Waals surface area contributed by atoms with Crippen LogP contribution >= 0.6 is 11.8 Å². The third kappa shape index (κ3) is 6.06. The molecule has 0 aliphatic carbocycles. The van der Waals surface area contributed by atoms with Crippen molar-refractivity contribution in [3.05, 3.63) is 84.4 Å². The molecule has 4 nitrogen and oxygen atoms in total. The number of hydrogen-bond acceptors (Lipinski definition) is 4. The summed E-state index contributed by atoms with van der Waals surface area (Å²) in [5.74, 6) is 2.18. The van der Waals surface area contributed by atoms with Crippen molar-refractivity contribution in [2.75, 3.05) is 24.3 Å². The summed E-state index contributed by atoms with van der Waals surface area (Å²) in [6.45, 7) is 3.12. The number of carbonyl (C=O) groups excluding carboxylic acids is 1. The third-order valence-electron chi connectivity index (χ3n) is 3.88. The molecule has 0 saturated carbocycles. The van der Waals surface area contributed by atoms with Crippen molar-refractivity contribution >= 4 is 23.4 Å². The molecule has 0 saturated heterocycles. The van der Waals surface area contributed by atoms with Gasteiger partial charge in [0, 0.05) is 28.0 Å². The average Bonchev–Trinajstić information content (AvgIpc) is 2.73. The molecule has 3 aromatic rings. The number of hydrogen-bond donors (Lipinski definition) is 1. The van der Waals surface area contributed by atoms with Gasteiger partial charge >= 0.3 is 0 Å². The lowest BCUT2D eigenvalue weighted by Crippen LogP contribution is -2.12. The fraction of sp³-hybridized carbons (Fsp3) is 0.174. The zero-order chi connectivity index (χ0) is 19.6. The van der Waals surface area contributed by atoms with Crippen molar-refractivity contribution in [1.29, 1.82) is 0 Å². The van der Waals surface area contributed by atoms with E-state index in [4.69, 9.17) is 9.47 Å². The largest absolute Gasteiger partial charge is 0.494 e. The summed E-state index contributed by atoms with van der Waals surface area (Å²) in [6.07, 6.45) is 0. The van der Waals surface area contributed by atoms with Gasteiger partial charge in [-0.1, -0.05) is 24.3 Å². The van der Waals surface area contributed by atoms with Gasteiger partial charge in [-0.2, -0.15) is 0 Å². The van der Waals surface area contributed by atoms with E-state index in [9.17, 15) is 4.79 Å². The van der Waals surface area contributed by atoms with E-state index in [1.54, 1.807) is 23.9 Å². The van der Waals surface area contributed by atoms with Crippen LogP contribution in [0.1, 0.15) is 17.3 Å². The van der Waals surface area contributed by atoms with Gasteiger partial charge in [0.25, 0.3) is 5.91 Å². The van der Waals surface area contributed by atoms with Crippen molar-refractivity contribution in [2.24, 2.45) is 0 Å². The van der Waals surface area contributed by atoms with Crippen LogP contribution in [0.2, 0.25) is 0 Å². The number of nitrogens with one attached hydrogen (secondary N) is 1. The summed E-state index contributed by atoms with van der Waals surface area (Å²) in [6, 6.07) is 24.8. The quantitative estimate of drug-likeness (QED) is 0.385. The van der Waals surface area contributed by atoms with E-state index in [1.165, 1.54) is 4.90 Å². The van der Waals surface area contributed by atoms with Crippen LogP contribution in [0.5, 0.6) is 11.5 Å². The number of ether oxygens (including phenoxy) is 2. The second-order valence-corrected chi connectivity index (χ2v) is 7.12. The fourth-order valence-electron chi connectivity index (χ4n) is 2.57. The molecule has 144 valence electrons. The summed E-state index contributed by atoms with van der Waals surface area (Å²) in [5.41, 5.74) is 1.28. The second-order valence-electron chi connectivity index (χ2n) is 5.95. The number of amides is 1. The summed E-state index contributed by atoms with van der Waals surface area (Å²) >= 11 is 1.75. The fourth-order valence-corrected chi connectivity index (χ4v) is 3.32. The van der Waals surface area contributed by atoms with Gasteiger partial charge in [-0.05, 0) is 55.5 Å². The Hall–Kier alpha value is -2.92. The van der Waals surface area contributed by atoms with Gasteiger partial charge in [-0.3, -0.25) is 4.79 Å². The highest BCUT2D eigenvalue weighted by molar-refractivity contribution is 7.99. The number of benzene rings is 3. The van der Waals surface area contributed by atoms with E-state index in [0.717, 1.165) is 17.3 Å². The van der Waals surface area contributed by atoms with E-state index in [-0.39, 0.29) is 5.91 Å². The lowest BCUT2D eigenvalue weighted by Gasteiger charge is -2.09. The summed E-state index contributed by atoms with van der Waals surface area (Å²) in [5, 5.41) is 2.88. The van der Waals surface area contributed by atoms with Gasteiger partial charge in [0.2, 0.25) is 0 Å². The van der Waals surface area contributed by atoms with Gasteiger partial charge in [-0.25, -0.2) is 0 Å². The molecule has 28 heavy (non-hydrogen) atoms. The van der Waals surface area contributed by atoms with Gasteiger partial charge in [0.15, 0.2) is 0 Å². The van der Waals surface area contributed by atoms with E-state index in [1.807, 2.05) is 61.5 Å². The Bertz CT molecular complexity index is 882. The Morgan fingerprint density at radius 3 is 2.43 bits per heavy atom. The van der Waals surface area contributed by atoms with Crippen LogP contribution in [-0.2, 0) is 0 Å². The minimum atomic E-state index is -0.167. The number of anilines is 1. The van der Waals surface area contributed by atoms with Crippen LogP contribution in [0.4, 0.5) is 5.69 Å². The third-order valence-corrected chi connectivity index (χ3v) is 4.86. The zero-order valence-electron chi connectivity index (χ0n) is 15.8. The smallest absolute Gasteiger partial charge is 0.255 e. The van der Waals surface area contributed by atoms with Crippen molar-refractivity contribution in [1.82, 2.24) is 0 Å². The van der Waals surface area contributed by atoms with E-state index < -0.39 is 0 Å². The SMILES string of the molecule is CCOc1cccc(NC(=O)c2ccc(OCCSc3ccccc3)cc2)c1. The predicted molar refractivity (Wildman–Crippen MR) is 115 cm³/mol. The molecule has 5 heteroatoms. The highest BCUT2D eigenvalue weighted by atomic mass is 32.2. The van der Waals surface area contributed by atoms with Crippen molar-refractivity contribution < 1.29 is 14.3 Å². The molecule has 0 aromatic heterocycles. The second kappa shape index (κ2) is 10.4. The Morgan fingerprint density at radius 1 is 0.893 bits per heavy atom. The summed E-state index contributed by atoms with van der Waals surface area (Å²) < 4.78 is 11.2. The predicted octanol–water partition coefficient (Wildman–Crippen LogP) is 5.51.